The first-order valence-electron chi connectivity index (χ1n) is 8.85. The molecule has 0 saturated carbocycles. The first-order chi connectivity index (χ1) is 11.8. The first-order valence-corrected chi connectivity index (χ1v) is 10.0. The van der Waals surface area contributed by atoms with Crippen LogP contribution in [0.15, 0.2) is 30.5 Å². The summed E-state index contributed by atoms with van der Waals surface area (Å²) in [7, 11) is 0. The summed E-state index contributed by atoms with van der Waals surface area (Å²) in [5.74, 6) is 2.46. The molecule has 24 heavy (non-hydrogen) atoms. The number of fused-ring (bicyclic) bond motifs is 1. The van der Waals surface area contributed by atoms with Crippen LogP contribution in [0.3, 0.4) is 0 Å². The van der Waals surface area contributed by atoms with Gasteiger partial charge in [-0.2, -0.15) is 11.8 Å². The number of ether oxygens (including phenoxy) is 1. The van der Waals surface area contributed by atoms with Crippen molar-refractivity contribution in [1.29, 1.82) is 0 Å². The van der Waals surface area contributed by atoms with E-state index in [-0.39, 0.29) is 12.0 Å². The normalized spacial score (nSPS) is 23.8. The second kappa shape index (κ2) is 7.19. The Morgan fingerprint density at radius 2 is 2.25 bits per heavy atom. The van der Waals surface area contributed by atoms with Crippen molar-refractivity contribution in [2.75, 3.05) is 24.7 Å². The van der Waals surface area contributed by atoms with Crippen LogP contribution in [0.2, 0.25) is 0 Å². The zero-order valence-corrected chi connectivity index (χ0v) is 14.7. The van der Waals surface area contributed by atoms with Gasteiger partial charge in [0, 0.05) is 42.0 Å². The maximum Gasteiger partial charge on any atom is 0.227 e. The van der Waals surface area contributed by atoms with Gasteiger partial charge in [-0.05, 0) is 36.6 Å². The molecule has 4 nitrogen and oxygen atoms in total. The minimum Gasteiger partial charge on any atom is -0.376 e. The standard InChI is InChI=1S/C19H24N2O2S/c22-19(10-14-11-20-18-6-2-1-5-17(14)18)21(15-7-9-24-13-15)12-16-4-3-8-23-16/h1-2,5-6,11,15-16,20H,3-4,7-10,12-13H2/t15-,16+/m1/s1. The third kappa shape index (κ3) is 3.33. The molecule has 2 aromatic rings. The van der Waals surface area contributed by atoms with E-state index in [1.165, 1.54) is 0 Å². The van der Waals surface area contributed by atoms with Gasteiger partial charge < -0.3 is 14.6 Å². The summed E-state index contributed by atoms with van der Waals surface area (Å²) in [5, 5.41) is 1.16. The van der Waals surface area contributed by atoms with E-state index in [1.807, 2.05) is 30.1 Å². The second-order valence-electron chi connectivity index (χ2n) is 6.73. The van der Waals surface area contributed by atoms with E-state index in [0.717, 1.165) is 60.4 Å². The van der Waals surface area contributed by atoms with Crippen molar-refractivity contribution in [3.05, 3.63) is 36.0 Å². The number of benzene rings is 1. The Kier molecular flexibility index (Phi) is 4.81. The third-order valence-electron chi connectivity index (χ3n) is 5.11. The number of carbonyl (C=O) groups excluding carboxylic acids is 1. The number of carbonyl (C=O) groups is 1. The molecular formula is C19H24N2O2S. The summed E-state index contributed by atoms with van der Waals surface area (Å²) in [5.41, 5.74) is 2.20. The van der Waals surface area contributed by atoms with Crippen molar-refractivity contribution in [1.82, 2.24) is 9.88 Å². The van der Waals surface area contributed by atoms with E-state index in [4.69, 9.17) is 4.74 Å². The Labute approximate surface area is 146 Å². The summed E-state index contributed by atoms with van der Waals surface area (Å²) in [6.07, 6.45) is 5.98. The Morgan fingerprint density at radius 1 is 1.33 bits per heavy atom. The maximum atomic E-state index is 13.1. The van der Waals surface area contributed by atoms with Gasteiger partial charge in [0.05, 0.1) is 12.5 Å². The number of hydrogen-bond acceptors (Lipinski definition) is 3. The fourth-order valence-corrected chi connectivity index (χ4v) is 5.00. The molecule has 3 heterocycles. The molecule has 128 valence electrons. The lowest BCUT2D eigenvalue weighted by Gasteiger charge is -2.31. The fourth-order valence-electron chi connectivity index (χ4n) is 3.77. The molecule has 2 saturated heterocycles. The highest BCUT2D eigenvalue weighted by atomic mass is 32.2. The Hall–Kier alpha value is -1.46. The molecule has 1 aromatic heterocycles. The Morgan fingerprint density at radius 3 is 3.04 bits per heavy atom. The number of H-pyrrole nitrogens is 1. The van der Waals surface area contributed by atoms with Crippen molar-refractivity contribution in [3.63, 3.8) is 0 Å². The molecule has 0 radical (unpaired) electrons. The van der Waals surface area contributed by atoms with Gasteiger partial charge in [-0.25, -0.2) is 0 Å². The molecular weight excluding hydrogens is 320 g/mol. The van der Waals surface area contributed by atoms with Gasteiger partial charge in [0.2, 0.25) is 5.91 Å². The van der Waals surface area contributed by atoms with Gasteiger partial charge in [-0.1, -0.05) is 18.2 Å². The van der Waals surface area contributed by atoms with Crippen LogP contribution in [0.4, 0.5) is 0 Å². The number of hydrogen-bond donors (Lipinski definition) is 1. The molecule has 0 bridgehead atoms. The highest BCUT2D eigenvalue weighted by molar-refractivity contribution is 7.99. The SMILES string of the molecule is O=C(Cc1c[nH]c2ccccc12)N(C[C@@H]1CCCO1)[C@@H]1CCSC1. The molecule has 2 aliphatic rings. The van der Waals surface area contributed by atoms with E-state index in [2.05, 4.69) is 22.0 Å². The Bertz CT molecular complexity index is 702. The highest BCUT2D eigenvalue weighted by Crippen LogP contribution is 2.26. The van der Waals surface area contributed by atoms with E-state index in [9.17, 15) is 4.79 Å². The van der Waals surface area contributed by atoms with Gasteiger partial charge in [-0.15, -0.1) is 0 Å². The van der Waals surface area contributed by atoms with E-state index in [1.54, 1.807) is 0 Å². The van der Waals surface area contributed by atoms with Gasteiger partial charge in [0.25, 0.3) is 0 Å². The molecule has 0 unspecified atom stereocenters. The van der Waals surface area contributed by atoms with E-state index in [0.29, 0.717) is 12.5 Å². The van der Waals surface area contributed by atoms with Crippen molar-refractivity contribution in [3.8, 4) is 0 Å². The number of aromatic nitrogens is 1. The van der Waals surface area contributed by atoms with Crippen LogP contribution in [0, 0.1) is 0 Å². The molecule has 0 spiro atoms. The van der Waals surface area contributed by atoms with Crippen LogP contribution >= 0.6 is 11.8 Å². The zero-order chi connectivity index (χ0) is 16.4. The lowest BCUT2D eigenvalue weighted by molar-refractivity contribution is -0.134. The van der Waals surface area contributed by atoms with Gasteiger partial charge in [0.15, 0.2) is 0 Å². The highest BCUT2D eigenvalue weighted by Gasteiger charge is 2.30. The number of rotatable bonds is 5. The molecule has 5 heteroatoms. The molecule has 0 aliphatic carbocycles. The van der Waals surface area contributed by atoms with Crippen molar-refractivity contribution in [2.24, 2.45) is 0 Å². The van der Waals surface area contributed by atoms with Crippen molar-refractivity contribution < 1.29 is 9.53 Å². The van der Waals surface area contributed by atoms with Crippen LogP contribution < -0.4 is 0 Å². The first kappa shape index (κ1) is 16.0. The van der Waals surface area contributed by atoms with Gasteiger partial charge in [-0.3, -0.25) is 4.79 Å². The van der Waals surface area contributed by atoms with Gasteiger partial charge >= 0.3 is 0 Å². The van der Waals surface area contributed by atoms with Crippen LogP contribution in [0.1, 0.15) is 24.8 Å². The summed E-state index contributed by atoms with van der Waals surface area (Å²) >= 11 is 1.96. The quantitative estimate of drug-likeness (QED) is 0.906. The van der Waals surface area contributed by atoms with Crippen LogP contribution in [0.25, 0.3) is 10.9 Å². The zero-order valence-electron chi connectivity index (χ0n) is 13.9. The smallest absolute Gasteiger partial charge is 0.227 e. The molecule has 1 amide bonds. The number of thioether (sulfide) groups is 1. The fraction of sp³-hybridized carbons (Fsp3) is 0.526. The molecule has 2 fully saturated rings. The van der Waals surface area contributed by atoms with E-state index >= 15 is 0 Å². The summed E-state index contributed by atoms with van der Waals surface area (Å²) in [4.78, 5) is 18.5. The predicted molar refractivity (Wildman–Crippen MR) is 98.4 cm³/mol. The summed E-state index contributed by atoms with van der Waals surface area (Å²) in [6, 6.07) is 8.56. The lowest BCUT2D eigenvalue weighted by Crippen LogP contribution is -2.45. The number of para-hydroxylation sites is 1. The maximum absolute atomic E-state index is 13.1. The second-order valence-corrected chi connectivity index (χ2v) is 7.88. The number of nitrogens with one attached hydrogen (secondary N) is 1. The average molecular weight is 344 g/mol. The number of amides is 1. The topological polar surface area (TPSA) is 45.3 Å². The lowest BCUT2D eigenvalue weighted by atomic mass is 10.1. The van der Waals surface area contributed by atoms with Gasteiger partial charge in [0.1, 0.15) is 0 Å². The third-order valence-corrected chi connectivity index (χ3v) is 6.25. The largest absolute Gasteiger partial charge is 0.376 e. The van der Waals surface area contributed by atoms with Crippen LogP contribution in [0.5, 0.6) is 0 Å². The van der Waals surface area contributed by atoms with Crippen molar-refractivity contribution >= 4 is 28.6 Å². The van der Waals surface area contributed by atoms with Crippen molar-refractivity contribution in [2.45, 2.75) is 37.8 Å². The Balaban J connectivity index is 1.51. The number of aromatic amines is 1. The molecule has 2 aliphatic heterocycles. The van der Waals surface area contributed by atoms with Crippen LogP contribution in [-0.2, 0) is 16.0 Å². The predicted octanol–water partition coefficient (Wildman–Crippen LogP) is 3.22. The summed E-state index contributed by atoms with van der Waals surface area (Å²) < 4.78 is 5.79. The van der Waals surface area contributed by atoms with Crippen LogP contribution in [-0.4, -0.2) is 52.6 Å². The van der Waals surface area contributed by atoms with E-state index < -0.39 is 0 Å². The number of nitrogens with zero attached hydrogens (tertiary/aromatic N) is 1. The molecule has 1 N–H and O–H groups in total. The minimum atomic E-state index is 0.225. The summed E-state index contributed by atoms with van der Waals surface area (Å²) in [6.45, 7) is 1.60. The monoisotopic (exact) mass is 344 g/mol. The average Bonchev–Trinajstić information content (AvgIpc) is 3.35. The molecule has 2 atom stereocenters. The molecule has 1 aromatic carbocycles. The minimum absolute atomic E-state index is 0.225. The molecule has 4 rings (SSSR count).